The first-order valence-electron chi connectivity index (χ1n) is 11.9. The first kappa shape index (κ1) is 23.8. The number of ether oxygens (including phenoxy) is 2. The number of amides is 2. The number of aliphatic hydroxyl groups is 1. The second kappa shape index (κ2) is 9.98. The van der Waals surface area contributed by atoms with Crippen molar-refractivity contribution in [1.82, 2.24) is 9.97 Å². The number of nitrogens with zero attached hydrogens (tertiary/aromatic N) is 4. The number of aliphatic hydroxyl groups excluding tert-OH is 1. The quantitative estimate of drug-likeness (QED) is 0.517. The Morgan fingerprint density at radius 1 is 1.03 bits per heavy atom. The summed E-state index contributed by atoms with van der Waals surface area (Å²) in [5.74, 6) is 1.39. The predicted octanol–water partition coefficient (Wildman–Crippen LogP) is 4.63. The molecule has 1 aliphatic carbocycles. The number of aromatic nitrogens is 2. The van der Waals surface area contributed by atoms with Crippen molar-refractivity contribution in [3.05, 3.63) is 60.0 Å². The van der Waals surface area contributed by atoms with Crippen LogP contribution >= 0.6 is 0 Å². The smallest absolute Gasteiger partial charge is 0.330 e. The summed E-state index contributed by atoms with van der Waals surface area (Å²) in [6.45, 7) is 0.131. The molecule has 2 aliphatic rings. The first-order valence-corrected chi connectivity index (χ1v) is 11.9. The summed E-state index contributed by atoms with van der Waals surface area (Å²) >= 11 is 0. The summed E-state index contributed by atoms with van der Waals surface area (Å²) in [5, 5.41) is 13.2. The molecule has 1 saturated carbocycles. The van der Waals surface area contributed by atoms with Crippen molar-refractivity contribution in [2.24, 2.45) is 0 Å². The van der Waals surface area contributed by atoms with Gasteiger partial charge >= 0.3 is 6.03 Å². The molecule has 0 unspecified atom stereocenters. The lowest BCUT2D eigenvalue weighted by Crippen LogP contribution is -2.53. The number of anilines is 4. The first-order chi connectivity index (χ1) is 17.5. The zero-order valence-electron chi connectivity index (χ0n) is 20.1. The van der Waals surface area contributed by atoms with Crippen molar-refractivity contribution in [1.29, 1.82) is 0 Å². The Kier molecular flexibility index (Phi) is 6.60. The van der Waals surface area contributed by atoms with E-state index < -0.39 is 5.82 Å². The van der Waals surface area contributed by atoms with E-state index in [-0.39, 0.29) is 30.4 Å². The molecule has 2 N–H and O–H groups in total. The molecule has 10 heteroatoms. The Hall–Kier alpha value is -3.92. The van der Waals surface area contributed by atoms with Crippen molar-refractivity contribution < 1.29 is 23.8 Å². The molecule has 0 bridgehead atoms. The Morgan fingerprint density at radius 3 is 2.39 bits per heavy atom. The highest BCUT2D eigenvalue weighted by Crippen LogP contribution is 2.37. The van der Waals surface area contributed by atoms with E-state index in [0.717, 1.165) is 11.4 Å². The second-order valence-electron chi connectivity index (χ2n) is 8.91. The molecular formula is C26H28FN5O4. The minimum Gasteiger partial charge on any atom is -0.497 e. The molecule has 0 atom stereocenters. The zero-order chi connectivity index (χ0) is 25.2. The largest absolute Gasteiger partial charge is 0.497 e. The van der Waals surface area contributed by atoms with E-state index in [9.17, 15) is 14.3 Å². The molecule has 5 rings (SSSR count). The van der Waals surface area contributed by atoms with Crippen LogP contribution in [0.1, 0.15) is 31.2 Å². The van der Waals surface area contributed by atoms with Gasteiger partial charge in [-0.2, -0.15) is 4.98 Å². The van der Waals surface area contributed by atoms with Gasteiger partial charge in [-0.05, 0) is 62.1 Å². The number of hydrogen-bond acceptors (Lipinski definition) is 7. The summed E-state index contributed by atoms with van der Waals surface area (Å²) in [6.07, 6.45) is 3.70. The van der Waals surface area contributed by atoms with Crippen LogP contribution in [-0.4, -0.2) is 47.5 Å². The van der Waals surface area contributed by atoms with E-state index in [1.54, 1.807) is 30.3 Å². The third-order valence-electron chi connectivity index (χ3n) is 6.66. The molecule has 1 fully saturated rings. The molecule has 2 heterocycles. The highest BCUT2D eigenvalue weighted by atomic mass is 19.1. The lowest BCUT2D eigenvalue weighted by Gasteiger charge is -2.42. The van der Waals surface area contributed by atoms with Gasteiger partial charge in [0.25, 0.3) is 0 Å². The maximum atomic E-state index is 15.0. The molecule has 188 valence electrons. The number of urea groups is 1. The summed E-state index contributed by atoms with van der Waals surface area (Å²) in [7, 11) is 3.07. The van der Waals surface area contributed by atoms with Crippen LogP contribution in [0.2, 0.25) is 0 Å². The van der Waals surface area contributed by atoms with Gasteiger partial charge in [-0.25, -0.2) is 14.2 Å². The highest BCUT2D eigenvalue weighted by molar-refractivity contribution is 6.06. The SMILES string of the molecule is COc1ccc(Nc2ncc3c(n2)N(C2CCC(O)CC2)C(=O)N(c2ccc(OC)cc2F)C3)cc1. The highest BCUT2D eigenvalue weighted by Gasteiger charge is 2.39. The van der Waals surface area contributed by atoms with Crippen LogP contribution in [0.4, 0.5) is 32.3 Å². The monoisotopic (exact) mass is 493 g/mol. The van der Waals surface area contributed by atoms with Crippen molar-refractivity contribution in [2.45, 2.75) is 44.4 Å². The average Bonchev–Trinajstić information content (AvgIpc) is 2.90. The number of halogens is 1. The van der Waals surface area contributed by atoms with Crippen molar-refractivity contribution in [3.63, 3.8) is 0 Å². The van der Waals surface area contributed by atoms with Crippen LogP contribution in [-0.2, 0) is 6.54 Å². The number of benzene rings is 2. The number of fused-ring (bicyclic) bond motifs is 1. The third-order valence-corrected chi connectivity index (χ3v) is 6.66. The summed E-state index contributed by atoms with van der Waals surface area (Å²) in [6, 6.07) is 11.2. The van der Waals surface area contributed by atoms with Gasteiger partial charge in [-0.3, -0.25) is 9.80 Å². The van der Waals surface area contributed by atoms with Crippen LogP contribution in [0, 0.1) is 5.82 Å². The molecule has 9 nitrogen and oxygen atoms in total. The number of hydrogen-bond donors (Lipinski definition) is 2. The zero-order valence-corrected chi connectivity index (χ0v) is 20.1. The number of carbonyl (C=O) groups is 1. The van der Waals surface area contributed by atoms with Crippen LogP contribution in [0.15, 0.2) is 48.7 Å². The van der Waals surface area contributed by atoms with Crippen LogP contribution in [0.5, 0.6) is 11.5 Å². The fourth-order valence-electron chi connectivity index (χ4n) is 4.71. The van der Waals surface area contributed by atoms with Gasteiger partial charge in [0, 0.05) is 29.6 Å². The number of carbonyl (C=O) groups excluding carboxylic acids is 1. The Labute approximate surface area is 208 Å². The maximum absolute atomic E-state index is 15.0. The van der Waals surface area contributed by atoms with Gasteiger partial charge < -0.3 is 19.9 Å². The number of nitrogens with one attached hydrogen (secondary N) is 1. The summed E-state index contributed by atoms with van der Waals surface area (Å²) in [5.41, 5.74) is 1.64. The van der Waals surface area contributed by atoms with E-state index in [2.05, 4.69) is 10.3 Å². The van der Waals surface area contributed by atoms with Crippen LogP contribution in [0.25, 0.3) is 0 Å². The fourth-order valence-corrected chi connectivity index (χ4v) is 4.71. The average molecular weight is 494 g/mol. The normalized spacial score (nSPS) is 19.6. The van der Waals surface area contributed by atoms with E-state index in [0.29, 0.717) is 48.8 Å². The van der Waals surface area contributed by atoms with Gasteiger partial charge in [-0.1, -0.05) is 0 Å². The van der Waals surface area contributed by atoms with Crippen LogP contribution < -0.4 is 24.6 Å². The summed E-state index contributed by atoms with van der Waals surface area (Å²) < 4.78 is 25.3. The molecule has 1 aliphatic heterocycles. The molecule has 1 aromatic heterocycles. The van der Waals surface area contributed by atoms with Crippen molar-refractivity contribution in [2.75, 3.05) is 29.3 Å². The summed E-state index contributed by atoms with van der Waals surface area (Å²) in [4.78, 5) is 26.0. The van der Waals surface area contributed by atoms with Gasteiger partial charge in [0.1, 0.15) is 17.3 Å². The Bertz CT molecular complexity index is 1250. The Morgan fingerprint density at radius 2 is 1.72 bits per heavy atom. The predicted molar refractivity (Wildman–Crippen MR) is 134 cm³/mol. The van der Waals surface area contributed by atoms with Gasteiger partial charge in [0.15, 0.2) is 5.82 Å². The van der Waals surface area contributed by atoms with E-state index in [1.165, 1.54) is 18.1 Å². The lowest BCUT2D eigenvalue weighted by atomic mass is 9.91. The van der Waals surface area contributed by atoms with Crippen molar-refractivity contribution >= 4 is 29.2 Å². The molecule has 0 saturated heterocycles. The topological polar surface area (TPSA) is 100 Å². The standard InChI is InChI=1S/C26H28FN5O4/c1-35-20-9-3-17(4-10-20)29-25-28-14-16-15-31(23-12-11-21(36-2)13-22(23)27)26(34)32(24(16)30-25)18-5-7-19(33)8-6-18/h3-4,9-14,18-19,33H,5-8,15H2,1-2H3,(H,28,29,30). The molecular weight excluding hydrogens is 465 g/mol. The minimum atomic E-state index is -0.552. The molecule has 36 heavy (non-hydrogen) atoms. The molecule has 0 radical (unpaired) electrons. The molecule has 2 aromatic carbocycles. The number of methoxy groups -OCH3 is 2. The molecule has 3 aromatic rings. The fraction of sp³-hybridized carbons (Fsp3) is 0.346. The van der Waals surface area contributed by atoms with Gasteiger partial charge in [0.05, 0.1) is 32.6 Å². The Balaban J connectivity index is 1.50. The molecule has 2 amide bonds. The maximum Gasteiger partial charge on any atom is 0.330 e. The third kappa shape index (κ3) is 4.64. The van der Waals surface area contributed by atoms with E-state index >= 15 is 0 Å². The van der Waals surface area contributed by atoms with Gasteiger partial charge in [0.2, 0.25) is 5.95 Å². The lowest BCUT2D eigenvalue weighted by molar-refractivity contribution is 0.122. The van der Waals surface area contributed by atoms with E-state index in [4.69, 9.17) is 14.5 Å². The second-order valence-corrected chi connectivity index (χ2v) is 8.91. The van der Waals surface area contributed by atoms with Crippen LogP contribution in [0.3, 0.4) is 0 Å². The minimum absolute atomic E-state index is 0.131. The number of rotatable bonds is 6. The molecule has 0 spiro atoms. The van der Waals surface area contributed by atoms with E-state index in [1.807, 2.05) is 24.3 Å². The van der Waals surface area contributed by atoms with Crippen molar-refractivity contribution in [3.8, 4) is 11.5 Å². The van der Waals surface area contributed by atoms with Gasteiger partial charge in [-0.15, -0.1) is 0 Å².